The van der Waals surface area contributed by atoms with Crippen LogP contribution in [-0.4, -0.2) is 35.0 Å². The predicted octanol–water partition coefficient (Wildman–Crippen LogP) is 2.68. The fourth-order valence-corrected chi connectivity index (χ4v) is 3.51. The average molecular weight is 379 g/mol. The number of hydrogen-bond donors (Lipinski definition) is 1. The van der Waals surface area contributed by atoms with Crippen molar-refractivity contribution in [1.29, 1.82) is 0 Å². The van der Waals surface area contributed by atoms with Crippen LogP contribution < -0.4 is 0 Å². The topological polar surface area (TPSA) is 57.6 Å². The number of piperidine rings is 1. The van der Waals surface area contributed by atoms with Crippen molar-refractivity contribution in [2.45, 2.75) is 19.3 Å². The number of rotatable bonds is 3. The lowest BCUT2D eigenvalue weighted by Crippen LogP contribution is -2.38. The summed E-state index contributed by atoms with van der Waals surface area (Å²) in [6.45, 7) is 1.34. The number of carbonyl (C=O) groups is 2. The van der Waals surface area contributed by atoms with Gasteiger partial charge in [0.25, 0.3) is 5.91 Å². The molecule has 0 aromatic carbocycles. The number of hydrogen-bond acceptors (Lipinski definition) is 3. The van der Waals surface area contributed by atoms with E-state index < -0.39 is 5.97 Å². The van der Waals surface area contributed by atoms with Crippen molar-refractivity contribution >= 4 is 45.8 Å². The standard InChI is InChI=1S/C12H14INO3S/c13-10-6-9(7-18-10)12(17)14-3-1-8(2-4-14)5-11(15)16/h6-8H,1-5H2,(H,15,16). The van der Waals surface area contributed by atoms with Crippen LogP contribution in [0.25, 0.3) is 0 Å². The van der Waals surface area contributed by atoms with Gasteiger partial charge in [-0.3, -0.25) is 9.59 Å². The Morgan fingerprint density at radius 3 is 2.61 bits per heavy atom. The van der Waals surface area contributed by atoms with Crippen molar-refractivity contribution in [3.05, 3.63) is 19.9 Å². The minimum absolute atomic E-state index is 0.0722. The van der Waals surface area contributed by atoms with Gasteiger partial charge in [0, 0.05) is 24.9 Å². The number of thiophene rings is 1. The van der Waals surface area contributed by atoms with Gasteiger partial charge in [-0.15, -0.1) is 11.3 Å². The van der Waals surface area contributed by atoms with Crippen LogP contribution in [0.4, 0.5) is 0 Å². The molecule has 18 heavy (non-hydrogen) atoms. The molecule has 0 unspecified atom stereocenters. The smallest absolute Gasteiger partial charge is 0.303 e. The van der Waals surface area contributed by atoms with E-state index in [2.05, 4.69) is 22.6 Å². The molecular formula is C12H14INO3S. The van der Waals surface area contributed by atoms with Crippen molar-refractivity contribution < 1.29 is 14.7 Å². The highest BCUT2D eigenvalue weighted by Crippen LogP contribution is 2.23. The first-order valence-corrected chi connectivity index (χ1v) is 7.77. The molecule has 1 fully saturated rings. The Bertz CT molecular complexity index is 452. The summed E-state index contributed by atoms with van der Waals surface area (Å²) in [4.78, 5) is 24.6. The van der Waals surface area contributed by atoms with Gasteiger partial charge in [0.2, 0.25) is 0 Å². The molecule has 0 aliphatic carbocycles. The van der Waals surface area contributed by atoms with Gasteiger partial charge in [-0.05, 0) is 47.4 Å². The summed E-state index contributed by atoms with van der Waals surface area (Å²) in [6, 6.07) is 1.90. The number of aliphatic carboxylic acids is 1. The van der Waals surface area contributed by atoms with Crippen LogP contribution in [0.1, 0.15) is 29.6 Å². The Balaban J connectivity index is 1.90. The summed E-state index contributed by atoms with van der Waals surface area (Å²) >= 11 is 3.77. The molecule has 6 heteroatoms. The maximum atomic E-state index is 12.2. The second kappa shape index (κ2) is 6.01. The maximum Gasteiger partial charge on any atom is 0.303 e. The monoisotopic (exact) mass is 379 g/mol. The van der Waals surface area contributed by atoms with Crippen molar-refractivity contribution in [3.63, 3.8) is 0 Å². The van der Waals surface area contributed by atoms with Gasteiger partial charge in [-0.25, -0.2) is 0 Å². The summed E-state index contributed by atoms with van der Waals surface area (Å²) in [5, 5.41) is 10.6. The minimum atomic E-state index is -0.743. The quantitative estimate of drug-likeness (QED) is 0.822. The molecule has 2 rings (SSSR count). The molecule has 1 aliphatic rings. The first-order chi connectivity index (χ1) is 8.56. The Morgan fingerprint density at radius 2 is 2.11 bits per heavy atom. The Hall–Kier alpha value is -0.630. The first-order valence-electron chi connectivity index (χ1n) is 5.81. The van der Waals surface area contributed by atoms with Gasteiger partial charge >= 0.3 is 5.97 Å². The number of carboxylic acid groups (broad SMARTS) is 1. The van der Waals surface area contributed by atoms with Gasteiger partial charge in [0.1, 0.15) is 0 Å². The lowest BCUT2D eigenvalue weighted by Gasteiger charge is -2.31. The van der Waals surface area contributed by atoms with E-state index in [0.29, 0.717) is 13.1 Å². The van der Waals surface area contributed by atoms with E-state index in [1.54, 1.807) is 11.3 Å². The number of carbonyl (C=O) groups excluding carboxylic acids is 1. The molecule has 4 nitrogen and oxygen atoms in total. The summed E-state index contributed by atoms with van der Waals surface area (Å²) in [5.41, 5.74) is 0.751. The summed E-state index contributed by atoms with van der Waals surface area (Å²) in [6.07, 6.45) is 1.80. The fraction of sp³-hybridized carbons (Fsp3) is 0.500. The van der Waals surface area contributed by atoms with Gasteiger partial charge in [-0.1, -0.05) is 0 Å². The number of amides is 1. The second-order valence-corrected chi connectivity index (χ2v) is 7.28. The third-order valence-corrected chi connectivity index (χ3v) is 4.97. The minimum Gasteiger partial charge on any atom is -0.481 e. The lowest BCUT2D eigenvalue weighted by molar-refractivity contribution is -0.138. The molecule has 0 radical (unpaired) electrons. The second-order valence-electron chi connectivity index (χ2n) is 4.47. The molecule has 0 bridgehead atoms. The van der Waals surface area contributed by atoms with E-state index in [1.165, 1.54) is 0 Å². The molecule has 0 spiro atoms. The van der Waals surface area contributed by atoms with E-state index >= 15 is 0 Å². The molecule has 1 N–H and O–H groups in total. The van der Waals surface area contributed by atoms with E-state index in [4.69, 9.17) is 5.11 Å². The zero-order valence-corrected chi connectivity index (χ0v) is 12.7. The largest absolute Gasteiger partial charge is 0.481 e. The maximum absolute atomic E-state index is 12.2. The van der Waals surface area contributed by atoms with Gasteiger partial charge in [-0.2, -0.15) is 0 Å². The van der Waals surface area contributed by atoms with Gasteiger partial charge < -0.3 is 10.0 Å². The fourth-order valence-electron chi connectivity index (χ4n) is 2.19. The highest BCUT2D eigenvalue weighted by Gasteiger charge is 2.25. The van der Waals surface area contributed by atoms with Crippen LogP contribution in [-0.2, 0) is 4.79 Å². The van der Waals surface area contributed by atoms with Crippen LogP contribution in [0.5, 0.6) is 0 Å². The number of halogens is 1. The van der Waals surface area contributed by atoms with Crippen molar-refractivity contribution in [1.82, 2.24) is 4.90 Å². The molecule has 98 valence electrons. The molecule has 1 aromatic heterocycles. The van der Waals surface area contributed by atoms with Crippen LogP contribution in [0.15, 0.2) is 11.4 Å². The summed E-state index contributed by atoms with van der Waals surface area (Å²) < 4.78 is 1.11. The Morgan fingerprint density at radius 1 is 1.44 bits per heavy atom. The van der Waals surface area contributed by atoms with E-state index in [-0.39, 0.29) is 18.2 Å². The van der Waals surface area contributed by atoms with Gasteiger partial charge in [0.15, 0.2) is 0 Å². The third-order valence-electron chi connectivity index (χ3n) is 3.18. The third kappa shape index (κ3) is 3.44. The number of likely N-dealkylation sites (tertiary alicyclic amines) is 1. The molecule has 2 heterocycles. The molecular weight excluding hydrogens is 365 g/mol. The highest BCUT2D eigenvalue weighted by atomic mass is 127. The summed E-state index contributed by atoms with van der Waals surface area (Å²) in [5.74, 6) is -0.454. The van der Waals surface area contributed by atoms with Crippen molar-refractivity contribution in [2.75, 3.05) is 13.1 Å². The molecule has 1 aliphatic heterocycles. The Labute approximate surface area is 123 Å². The Kier molecular flexibility index (Phi) is 4.60. The SMILES string of the molecule is O=C(O)CC1CCN(C(=O)c2csc(I)c2)CC1. The predicted molar refractivity (Wildman–Crippen MR) is 77.9 cm³/mol. The van der Waals surface area contributed by atoms with Crippen LogP contribution in [0.3, 0.4) is 0 Å². The highest BCUT2D eigenvalue weighted by molar-refractivity contribution is 14.1. The normalized spacial score (nSPS) is 16.8. The molecule has 1 amide bonds. The number of nitrogens with zero attached hydrogens (tertiary/aromatic N) is 1. The van der Waals surface area contributed by atoms with E-state index in [9.17, 15) is 9.59 Å². The van der Waals surface area contributed by atoms with Crippen molar-refractivity contribution in [3.8, 4) is 0 Å². The molecule has 0 atom stereocenters. The van der Waals surface area contributed by atoms with Crippen LogP contribution >= 0.6 is 33.9 Å². The van der Waals surface area contributed by atoms with Gasteiger partial charge in [0.05, 0.1) is 8.45 Å². The van der Waals surface area contributed by atoms with Crippen molar-refractivity contribution in [2.24, 2.45) is 5.92 Å². The van der Waals surface area contributed by atoms with E-state index in [0.717, 1.165) is 21.3 Å². The zero-order chi connectivity index (χ0) is 13.1. The van der Waals surface area contributed by atoms with E-state index in [1.807, 2.05) is 16.3 Å². The zero-order valence-electron chi connectivity index (χ0n) is 9.76. The molecule has 1 aromatic rings. The summed E-state index contributed by atoms with van der Waals surface area (Å²) in [7, 11) is 0. The molecule has 0 saturated carbocycles. The van der Waals surface area contributed by atoms with Crippen LogP contribution in [0, 0.1) is 8.80 Å². The average Bonchev–Trinajstić information content (AvgIpc) is 2.75. The first kappa shape index (κ1) is 13.8. The lowest BCUT2D eigenvalue weighted by atomic mass is 9.93. The molecule has 1 saturated heterocycles. The van der Waals surface area contributed by atoms with Crippen LogP contribution in [0.2, 0.25) is 0 Å². The number of carboxylic acids is 1.